The maximum Gasteiger partial charge on any atom is 0.0972 e. The van der Waals surface area contributed by atoms with Crippen molar-refractivity contribution in [2.45, 2.75) is 32.2 Å². The van der Waals surface area contributed by atoms with E-state index in [9.17, 15) is 0 Å². The molecular weight excluding hydrogens is 188 g/mol. The van der Waals surface area contributed by atoms with Gasteiger partial charge in [-0.3, -0.25) is 9.67 Å². The first-order chi connectivity index (χ1) is 7.25. The summed E-state index contributed by atoms with van der Waals surface area (Å²) >= 11 is 0. The summed E-state index contributed by atoms with van der Waals surface area (Å²) in [6.45, 7) is 0.663. The van der Waals surface area contributed by atoms with Crippen molar-refractivity contribution in [3.05, 3.63) is 18.0 Å². The van der Waals surface area contributed by atoms with Crippen molar-refractivity contribution in [3.63, 3.8) is 0 Å². The number of aromatic nitrogens is 2. The van der Waals surface area contributed by atoms with Crippen LogP contribution in [0.2, 0.25) is 0 Å². The number of hydrogen-bond donors (Lipinski definition) is 1. The second kappa shape index (κ2) is 4.47. The van der Waals surface area contributed by atoms with Crippen molar-refractivity contribution in [1.29, 1.82) is 0 Å². The molecule has 0 saturated heterocycles. The van der Waals surface area contributed by atoms with E-state index in [-0.39, 0.29) is 0 Å². The largest absolute Gasteiger partial charge is 0.387 e. The van der Waals surface area contributed by atoms with Crippen LogP contribution >= 0.6 is 0 Å². The van der Waals surface area contributed by atoms with Gasteiger partial charge < -0.3 is 5.73 Å². The number of aliphatic imine (C=N–C) groups is 1. The number of aryl methyl sites for hydroxylation is 1. The van der Waals surface area contributed by atoms with Gasteiger partial charge in [-0.25, -0.2) is 0 Å². The smallest absolute Gasteiger partial charge is 0.0972 e. The van der Waals surface area contributed by atoms with Gasteiger partial charge in [-0.2, -0.15) is 5.10 Å². The highest BCUT2D eigenvalue weighted by molar-refractivity contribution is 5.83. The SMILES string of the molecule is Cn1cc(CN=C(N)C2CCCC2)cn1. The number of amidine groups is 1. The van der Waals surface area contributed by atoms with Crippen LogP contribution in [0.4, 0.5) is 0 Å². The Labute approximate surface area is 90.2 Å². The van der Waals surface area contributed by atoms with Crippen molar-refractivity contribution < 1.29 is 0 Å². The average Bonchev–Trinajstić information content (AvgIpc) is 2.84. The van der Waals surface area contributed by atoms with Crippen LogP contribution in [-0.2, 0) is 13.6 Å². The highest BCUT2D eigenvalue weighted by Crippen LogP contribution is 2.24. The molecule has 1 fully saturated rings. The zero-order chi connectivity index (χ0) is 10.7. The third kappa shape index (κ3) is 2.58. The molecule has 1 saturated carbocycles. The Hall–Kier alpha value is -1.32. The standard InChI is InChI=1S/C11H18N4/c1-15-8-9(7-14-15)6-13-11(12)10-4-2-3-5-10/h7-8,10H,2-6H2,1H3,(H2,12,13). The molecule has 0 bridgehead atoms. The first-order valence-corrected chi connectivity index (χ1v) is 5.53. The van der Waals surface area contributed by atoms with Gasteiger partial charge in [-0.1, -0.05) is 12.8 Å². The van der Waals surface area contributed by atoms with E-state index < -0.39 is 0 Å². The van der Waals surface area contributed by atoms with E-state index in [1.165, 1.54) is 25.7 Å². The van der Waals surface area contributed by atoms with Gasteiger partial charge in [0, 0.05) is 24.7 Å². The van der Waals surface area contributed by atoms with Gasteiger partial charge >= 0.3 is 0 Å². The van der Waals surface area contributed by atoms with E-state index >= 15 is 0 Å². The summed E-state index contributed by atoms with van der Waals surface area (Å²) < 4.78 is 1.79. The summed E-state index contributed by atoms with van der Waals surface area (Å²) in [7, 11) is 1.91. The summed E-state index contributed by atoms with van der Waals surface area (Å²) in [4.78, 5) is 4.43. The fourth-order valence-corrected chi connectivity index (χ4v) is 2.09. The summed E-state index contributed by atoms with van der Waals surface area (Å²) in [5.41, 5.74) is 7.08. The Bertz CT molecular complexity index is 347. The molecule has 1 aliphatic rings. The Morgan fingerprint density at radius 1 is 1.60 bits per heavy atom. The lowest BCUT2D eigenvalue weighted by Crippen LogP contribution is -2.21. The van der Waals surface area contributed by atoms with Crippen molar-refractivity contribution >= 4 is 5.84 Å². The maximum atomic E-state index is 5.96. The summed E-state index contributed by atoms with van der Waals surface area (Å²) in [5, 5.41) is 4.10. The monoisotopic (exact) mass is 206 g/mol. The van der Waals surface area contributed by atoms with Crippen LogP contribution in [-0.4, -0.2) is 15.6 Å². The van der Waals surface area contributed by atoms with Crippen LogP contribution in [0.1, 0.15) is 31.2 Å². The van der Waals surface area contributed by atoms with Gasteiger partial charge in [0.05, 0.1) is 18.6 Å². The molecule has 1 aromatic rings. The van der Waals surface area contributed by atoms with Crippen molar-refractivity contribution in [2.75, 3.05) is 0 Å². The zero-order valence-electron chi connectivity index (χ0n) is 9.19. The van der Waals surface area contributed by atoms with Crippen LogP contribution in [0.3, 0.4) is 0 Å². The minimum atomic E-state index is 0.529. The molecule has 2 rings (SSSR count). The summed E-state index contributed by atoms with van der Waals surface area (Å²) in [6.07, 6.45) is 8.84. The van der Waals surface area contributed by atoms with Crippen molar-refractivity contribution in [2.24, 2.45) is 23.7 Å². The minimum absolute atomic E-state index is 0.529. The molecule has 4 heteroatoms. The lowest BCUT2D eigenvalue weighted by Gasteiger charge is -2.07. The molecule has 82 valence electrons. The number of nitrogens with two attached hydrogens (primary N) is 1. The molecule has 1 aromatic heterocycles. The van der Waals surface area contributed by atoms with E-state index in [0.717, 1.165) is 11.4 Å². The molecule has 1 heterocycles. The van der Waals surface area contributed by atoms with E-state index in [1.54, 1.807) is 4.68 Å². The van der Waals surface area contributed by atoms with Gasteiger partial charge in [0.1, 0.15) is 0 Å². The highest BCUT2D eigenvalue weighted by atomic mass is 15.2. The van der Waals surface area contributed by atoms with Crippen molar-refractivity contribution in [1.82, 2.24) is 9.78 Å². The quantitative estimate of drug-likeness (QED) is 0.601. The first kappa shape index (κ1) is 10.2. The van der Waals surface area contributed by atoms with E-state index in [4.69, 9.17) is 5.73 Å². The van der Waals surface area contributed by atoms with Crippen molar-refractivity contribution in [3.8, 4) is 0 Å². The number of hydrogen-bond acceptors (Lipinski definition) is 2. The van der Waals surface area contributed by atoms with E-state index in [0.29, 0.717) is 12.5 Å². The highest BCUT2D eigenvalue weighted by Gasteiger charge is 2.18. The molecule has 0 spiro atoms. The number of rotatable bonds is 3. The summed E-state index contributed by atoms with van der Waals surface area (Å²) in [5.74, 6) is 1.36. The van der Waals surface area contributed by atoms with Crippen LogP contribution < -0.4 is 5.73 Å². The molecule has 2 N–H and O–H groups in total. The normalized spacial score (nSPS) is 18.6. The third-order valence-corrected chi connectivity index (χ3v) is 2.98. The first-order valence-electron chi connectivity index (χ1n) is 5.53. The van der Waals surface area contributed by atoms with Gasteiger partial charge in [0.2, 0.25) is 0 Å². The predicted molar refractivity (Wildman–Crippen MR) is 60.5 cm³/mol. The van der Waals surface area contributed by atoms with Gasteiger partial charge in [-0.15, -0.1) is 0 Å². The van der Waals surface area contributed by atoms with Crippen LogP contribution in [0.25, 0.3) is 0 Å². The Morgan fingerprint density at radius 3 is 2.93 bits per heavy atom. The Morgan fingerprint density at radius 2 is 2.33 bits per heavy atom. The molecule has 4 nitrogen and oxygen atoms in total. The van der Waals surface area contributed by atoms with Gasteiger partial charge in [0.25, 0.3) is 0 Å². The molecule has 15 heavy (non-hydrogen) atoms. The zero-order valence-corrected chi connectivity index (χ0v) is 9.19. The third-order valence-electron chi connectivity index (χ3n) is 2.98. The maximum absolute atomic E-state index is 5.96. The van der Waals surface area contributed by atoms with Gasteiger partial charge in [-0.05, 0) is 12.8 Å². The lowest BCUT2D eigenvalue weighted by atomic mass is 10.1. The molecule has 1 aliphatic carbocycles. The van der Waals surface area contributed by atoms with Crippen LogP contribution in [0.5, 0.6) is 0 Å². The number of nitrogens with zero attached hydrogens (tertiary/aromatic N) is 3. The molecular formula is C11H18N4. The van der Waals surface area contributed by atoms with Crippen LogP contribution in [0.15, 0.2) is 17.4 Å². The van der Waals surface area contributed by atoms with E-state index in [1.807, 2.05) is 19.4 Å². The van der Waals surface area contributed by atoms with Crippen LogP contribution in [0, 0.1) is 5.92 Å². The minimum Gasteiger partial charge on any atom is -0.387 e. The fourth-order valence-electron chi connectivity index (χ4n) is 2.09. The predicted octanol–water partition coefficient (Wildman–Crippen LogP) is 1.47. The van der Waals surface area contributed by atoms with Gasteiger partial charge in [0.15, 0.2) is 0 Å². The average molecular weight is 206 g/mol. The Kier molecular flexibility index (Phi) is 3.04. The molecule has 0 unspecified atom stereocenters. The second-order valence-electron chi connectivity index (χ2n) is 4.24. The molecule has 0 aliphatic heterocycles. The fraction of sp³-hybridized carbons (Fsp3) is 0.636. The topological polar surface area (TPSA) is 56.2 Å². The van der Waals surface area contributed by atoms with E-state index in [2.05, 4.69) is 10.1 Å². The lowest BCUT2D eigenvalue weighted by molar-refractivity contribution is 0.715. The second-order valence-corrected chi connectivity index (χ2v) is 4.24. The summed E-state index contributed by atoms with van der Waals surface area (Å²) in [6, 6.07) is 0. The Balaban J connectivity index is 1.92. The molecule has 0 atom stereocenters. The molecule has 0 radical (unpaired) electrons. The molecule has 0 amide bonds. The molecule has 0 aromatic carbocycles.